The van der Waals surface area contributed by atoms with Crippen molar-refractivity contribution in [3.8, 4) is 0 Å². The van der Waals surface area contributed by atoms with Crippen LogP contribution in [0.1, 0.15) is 40.7 Å². The molecule has 3 rings (SSSR count). The predicted molar refractivity (Wildman–Crippen MR) is 99.9 cm³/mol. The molecule has 1 amide bonds. The largest absolute Gasteiger partial charge is 0.335 e. The van der Waals surface area contributed by atoms with E-state index in [2.05, 4.69) is 12.0 Å². The molecule has 1 aliphatic rings. The Morgan fingerprint density at radius 3 is 2.60 bits per heavy atom. The molecule has 1 saturated heterocycles. The van der Waals surface area contributed by atoms with E-state index >= 15 is 0 Å². The molecule has 1 aromatic carbocycles. The van der Waals surface area contributed by atoms with Crippen molar-refractivity contribution in [2.75, 3.05) is 13.1 Å². The molecule has 0 radical (unpaired) electrons. The zero-order chi connectivity index (χ0) is 18.1. The van der Waals surface area contributed by atoms with Crippen LogP contribution >= 0.6 is 11.6 Å². The first-order valence-electron chi connectivity index (χ1n) is 8.70. The van der Waals surface area contributed by atoms with Crippen LogP contribution in [0.4, 0.5) is 0 Å². The number of hydrogen-bond donors (Lipinski definition) is 1. The standard InChI is InChI=1S/C19H25ClN4O/c1-12-8-16(9-21)10-23(12)19(25)18-13(2)22-24(14(18)3)11-15-4-6-17(20)7-5-15/h4-7,12,16H,8-11,21H2,1-3H3. The van der Waals surface area contributed by atoms with Crippen LogP contribution in [0.15, 0.2) is 24.3 Å². The van der Waals surface area contributed by atoms with Crippen molar-refractivity contribution in [3.63, 3.8) is 0 Å². The lowest BCUT2D eigenvalue weighted by molar-refractivity contribution is 0.0742. The third kappa shape index (κ3) is 3.58. The fourth-order valence-electron chi connectivity index (χ4n) is 3.66. The van der Waals surface area contributed by atoms with Gasteiger partial charge in [0.1, 0.15) is 0 Å². The summed E-state index contributed by atoms with van der Waals surface area (Å²) < 4.78 is 1.90. The Morgan fingerprint density at radius 1 is 1.32 bits per heavy atom. The second-order valence-electron chi connectivity index (χ2n) is 6.97. The number of aryl methyl sites for hydroxylation is 1. The topological polar surface area (TPSA) is 64.2 Å². The number of likely N-dealkylation sites (tertiary alicyclic amines) is 1. The van der Waals surface area contributed by atoms with Gasteiger partial charge in [-0.3, -0.25) is 9.48 Å². The van der Waals surface area contributed by atoms with E-state index in [0.717, 1.165) is 35.5 Å². The van der Waals surface area contributed by atoms with Crippen LogP contribution in [0.2, 0.25) is 5.02 Å². The number of halogens is 1. The molecule has 2 atom stereocenters. The minimum Gasteiger partial charge on any atom is -0.335 e. The molecule has 25 heavy (non-hydrogen) atoms. The lowest BCUT2D eigenvalue weighted by atomic mass is 10.1. The van der Waals surface area contributed by atoms with Crippen molar-refractivity contribution >= 4 is 17.5 Å². The molecule has 6 heteroatoms. The molecular formula is C19H25ClN4O. The van der Waals surface area contributed by atoms with Crippen molar-refractivity contribution in [2.45, 2.75) is 39.8 Å². The van der Waals surface area contributed by atoms with Gasteiger partial charge in [-0.2, -0.15) is 5.10 Å². The molecule has 2 unspecified atom stereocenters. The summed E-state index contributed by atoms with van der Waals surface area (Å²) in [6, 6.07) is 7.92. The van der Waals surface area contributed by atoms with E-state index in [-0.39, 0.29) is 11.9 Å². The molecule has 0 bridgehead atoms. The van der Waals surface area contributed by atoms with Gasteiger partial charge in [0.25, 0.3) is 5.91 Å². The van der Waals surface area contributed by atoms with Gasteiger partial charge in [0.15, 0.2) is 0 Å². The molecule has 5 nitrogen and oxygen atoms in total. The molecule has 2 aromatic rings. The maximum Gasteiger partial charge on any atom is 0.257 e. The summed E-state index contributed by atoms with van der Waals surface area (Å²) in [7, 11) is 0. The van der Waals surface area contributed by atoms with Crippen molar-refractivity contribution in [1.82, 2.24) is 14.7 Å². The summed E-state index contributed by atoms with van der Waals surface area (Å²) in [4.78, 5) is 15.0. The highest BCUT2D eigenvalue weighted by Gasteiger charge is 2.34. The van der Waals surface area contributed by atoms with Crippen LogP contribution in [0.5, 0.6) is 0 Å². The fraction of sp³-hybridized carbons (Fsp3) is 0.474. The van der Waals surface area contributed by atoms with Crippen LogP contribution in [0.3, 0.4) is 0 Å². The number of carbonyl (C=O) groups is 1. The number of nitrogens with two attached hydrogens (primary N) is 1. The van der Waals surface area contributed by atoms with E-state index in [4.69, 9.17) is 17.3 Å². The molecule has 134 valence electrons. The van der Waals surface area contributed by atoms with Crippen LogP contribution in [0.25, 0.3) is 0 Å². The molecule has 2 heterocycles. The van der Waals surface area contributed by atoms with Crippen molar-refractivity contribution < 1.29 is 4.79 Å². The SMILES string of the molecule is Cc1nn(Cc2ccc(Cl)cc2)c(C)c1C(=O)N1CC(CN)CC1C. The number of hydrogen-bond acceptors (Lipinski definition) is 3. The number of rotatable bonds is 4. The maximum atomic E-state index is 13.1. The van der Waals surface area contributed by atoms with Crippen LogP contribution in [-0.4, -0.2) is 39.7 Å². The average molecular weight is 361 g/mol. The predicted octanol–water partition coefficient (Wildman–Crippen LogP) is 3.01. The van der Waals surface area contributed by atoms with E-state index < -0.39 is 0 Å². The van der Waals surface area contributed by atoms with Gasteiger partial charge < -0.3 is 10.6 Å². The Kier molecular flexibility index (Phi) is 5.16. The molecule has 2 N–H and O–H groups in total. The minimum atomic E-state index is 0.0702. The van der Waals surface area contributed by atoms with E-state index in [1.165, 1.54) is 0 Å². The monoisotopic (exact) mass is 360 g/mol. The number of nitrogens with zero attached hydrogens (tertiary/aromatic N) is 3. The third-order valence-electron chi connectivity index (χ3n) is 5.10. The van der Waals surface area contributed by atoms with E-state index in [9.17, 15) is 4.79 Å². The first-order valence-corrected chi connectivity index (χ1v) is 9.08. The minimum absolute atomic E-state index is 0.0702. The molecular weight excluding hydrogens is 336 g/mol. The summed E-state index contributed by atoms with van der Waals surface area (Å²) in [5.74, 6) is 0.462. The highest BCUT2D eigenvalue weighted by molar-refractivity contribution is 6.30. The Labute approximate surface area is 153 Å². The second-order valence-corrected chi connectivity index (χ2v) is 7.41. The summed E-state index contributed by atoms with van der Waals surface area (Å²) >= 11 is 5.95. The van der Waals surface area contributed by atoms with Crippen LogP contribution in [-0.2, 0) is 6.54 Å². The summed E-state index contributed by atoms with van der Waals surface area (Å²) in [5, 5.41) is 5.31. The van der Waals surface area contributed by atoms with Gasteiger partial charge >= 0.3 is 0 Å². The van der Waals surface area contributed by atoms with Gasteiger partial charge in [-0.1, -0.05) is 23.7 Å². The van der Waals surface area contributed by atoms with E-state index in [1.54, 1.807) is 0 Å². The fourth-order valence-corrected chi connectivity index (χ4v) is 3.79. The molecule has 1 fully saturated rings. The van der Waals surface area contributed by atoms with Gasteiger partial charge in [-0.25, -0.2) is 0 Å². The van der Waals surface area contributed by atoms with Gasteiger partial charge in [0, 0.05) is 23.3 Å². The first-order chi connectivity index (χ1) is 11.9. The lowest BCUT2D eigenvalue weighted by Gasteiger charge is -2.21. The highest BCUT2D eigenvalue weighted by Crippen LogP contribution is 2.26. The molecule has 1 aromatic heterocycles. The molecule has 0 saturated carbocycles. The maximum absolute atomic E-state index is 13.1. The van der Waals surface area contributed by atoms with Gasteiger partial charge in [0.05, 0.1) is 17.8 Å². The highest BCUT2D eigenvalue weighted by atomic mass is 35.5. The summed E-state index contributed by atoms with van der Waals surface area (Å²) in [5.41, 5.74) is 9.30. The zero-order valence-corrected chi connectivity index (χ0v) is 15.8. The van der Waals surface area contributed by atoms with Crippen molar-refractivity contribution in [3.05, 3.63) is 51.8 Å². The first kappa shape index (κ1) is 18.0. The number of amides is 1. The number of aromatic nitrogens is 2. The Bertz CT molecular complexity index is 768. The Hall–Kier alpha value is -1.85. The van der Waals surface area contributed by atoms with E-state index in [1.807, 2.05) is 47.7 Å². The quantitative estimate of drug-likeness (QED) is 0.911. The summed E-state index contributed by atoms with van der Waals surface area (Å²) in [6.45, 7) is 7.94. The Balaban J connectivity index is 1.84. The Morgan fingerprint density at radius 2 is 2.00 bits per heavy atom. The van der Waals surface area contributed by atoms with Gasteiger partial charge in [0.2, 0.25) is 0 Å². The van der Waals surface area contributed by atoms with E-state index in [0.29, 0.717) is 24.0 Å². The lowest BCUT2D eigenvalue weighted by Crippen LogP contribution is -2.35. The normalized spacial score (nSPS) is 20.3. The van der Waals surface area contributed by atoms with Gasteiger partial charge in [-0.05, 0) is 57.4 Å². The molecule has 0 aliphatic carbocycles. The van der Waals surface area contributed by atoms with Gasteiger partial charge in [-0.15, -0.1) is 0 Å². The number of benzene rings is 1. The van der Waals surface area contributed by atoms with Crippen molar-refractivity contribution in [1.29, 1.82) is 0 Å². The van der Waals surface area contributed by atoms with Crippen LogP contribution < -0.4 is 5.73 Å². The molecule has 1 aliphatic heterocycles. The molecule has 0 spiro atoms. The third-order valence-corrected chi connectivity index (χ3v) is 5.35. The summed E-state index contributed by atoms with van der Waals surface area (Å²) in [6.07, 6.45) is 0.971. The zero-order valence-electron chi connectivity index (χ0n) is 15.0. The van der Waals surface area contributed by atoms with Crippen molar-refractivity contribution in [2.24, 2.45) is 11.7 Å². The van der Waals surface area contributed by atoms with Crippen LogP contribution in [0, 0.1) is 19.8 Å². The second kappa shape index (κ2) is 7.18. The smallest absolute Gasteiger partial charge is 0.257 e. The number of carbonyl (C=O) groups excluding carboxylic acids is 1. The average Bonchev–Trinajstić information content (AvgIpc) is 3.09.